The molecule has 1 aliphatic rings. The van der Waals surface area contributed by atoms with Gasteiger partial charge in [0.2, 0.25) is 5.96 Å². The highest BCUT2D eigenvalue weighted by Crippen LogP contribution is 2.37. The second-order valence-electron chi connectivity index (χ2n) is 5.05. The van der Waals surface area contributed by atoms with E-state index in [9.17, 15) is 0 Å². The van der Waals surface area contributed by atoms with Crippen LogP contribution in [0.15, 0.2) is 51.9 Å². The van der Waals surface area contributed by atoms with Crippen molar-refractivity contribution in [1.82, 2.24) is 21.9 Å². The summed E-state index contributed by atoms with van der Waals surface area (Å²) in [7, 11) is 1.63. The number of aliphatic imine (C=N–C) groups is 1. The van der Waals surface area contributed by atoms with Crippen LogP contribution in [0.5, 0.6) is 11.5 Å². The summed E-state index contributed by atoms with van der Waals surface area (Å²) in [5, 5.41) is 0. The Morgan fingerprint density at radius 2 is 1.79 bits per heavy atom. The van der Waals surface area contributed by atoms with Gasteiger partial charge in [-0.3, -0.25) is 10.9 Å². The van der Waals surface area contributed by atoms with E-state index in [-0.39, 0.29) is 0 Å². The number of halogens is 1. The summed E-state index contributed by atoms with van der Waals surface area (Å²) in [5.74, 6) is 1.96. The third-order valence-corrected chi connectivity index (χ3v) is 3.95. The van der Waals surface area contributed by atoms with Crippen LogP contribution in [-0.2, 0) is 13.2 Å². The minimum absolute atomic E-state index is 0.475. The Morgan fingerprint density at radius 1 is 1.04 bits per heavy atom. The monoisotopic (exact) mass is 391 g/mol. The second kappa shape index (κ2) is 8.00. The quantitative estimate of drug-likeness (QED) is 0.603. The number of methoxy groups -OCH3 is 1. The van der Waals surface area contributed by atoms with E-state index in [2.05, 4.69) is 42.8 Å². The Balaban J connectivity index is 1.73. The third kappa shape index (κ3) is 4.16. The van der Waals surface area contributed by atoms with E-state index in [1.54, 1.807) is 7.11 Å². The molecule has 1 fully saturated rings. The molecule has 1 heterocycles. The fourth-order valence-electron chi connectivity index (χ4n) is 2.20. The number of nitrogens with one attached hydrogen (secondary N) is 4. The number of guanidine groups is 1. The molecule has 7 nitrogen and oxygen atoms in total. The van der Waals surface area contributed by atoms with Gasteiger partial charge in [0, 0.05) is 0 Å². The number of hydrogen-bond acceptors (Lipinski definition) is 5. The normalized spacial score (nSPS) is 13.2. The van der Waals surface area contributed by atoms with Crippen molar-refractivity contribution < 1.29 is 9.47 Å². The average molecular weight is 392 g/mol. The van der Waals surface area contributed by atoms with E-state index < -0.39 is 0 Å². The largest absolute Gasteiger partial charge is 0.493 e. The molecule has 8 heteroatoms. The summed E-state index contributed by atoms with van der Waals surface area (Å²) < 4.78 is 12.2. The Labute approximate surface area is 148 Å². The van der Waals surface area contributed by atoms with Gasteiger partial charge >= 0.3 is 0 Å². The fraction of sp³-hybridized carbons (Fsp3) is 0.188. The summed E-state index contributed by atoms with van der Waals surface area (Å²) in [6.07, 6.45) is 0. The van der Waals surface area contributed by atoms with Crippen LogP contribution < -0.4 is 31.4 Å². The van der Waals surface area contributed by atoms with Gasteiger partial charge in [-0.15, -0.1) is 0 Å². The molecule has 2 aromatic rings. The fourth-order valence-corrected chi connectivity index (χ4v) is 2.80. The molecule has 0 bridgehead atoms. The van der Waals surface area contributed by atoms with Crippen LogP contribution in [-0.4, -0.2) is 13.1 Å². The highest BCUT2D eigenvalue weighted by atomic mass is 79.9. The lowest BCUT2D eigenvalue weighted by atomic mass is 10.2. The molecule has 0 radical (unpaired) electrons. The summed E-state index contributed by atoms with van der Waals surface area (Å²) in [5.41, 5.74) is 13.1. The van der Waals surface area contributed by atoms with E-state index >= 15 is 0 Å². The summed E-state index contributed by atoms with van der Waals surface area (Å²) in [4.78, 5) is 4.39. The summed E-state index contributed by atoms with van der Waals surface area (Å²) in [6.45, 7) is 0.968. The number of ether oxygens (including phenoxy) is 2. The zero-order valence-electron chi connectivity index (χ0n) is 13.1. The van der Waals surface area contributed by atoms with Crippen molar-refractivity contribution in [3.8, 4) is 11.5 Å². The van der Waals surface area contributed by atoms with Crippen LogP contribution in [0, 0.1) is 0 Å². The highest BCUT2D eigenvalue weighted by molar-refractivity contribution is 9.10. The van der Waals surface area contributed by atoms with Crippen LogP contribution in [0.2, 0.25) is 0 Å². The molecule has 4 N–H and O–H groups in total. The highest BCUT2D eigenvalue weighted by Gasteiger charge is 2.12. The van der Waals surface area contributed by atoms with Crippen molar-refractivity contribution in [3.63, 3.8) is 0 Å². The van der Waals surface area contributed by atoms with E-state index in [1.807, 2.05) is 42.5 Å². The van der Waals surface area contributed by atoms with Gasteiger partial charge in [-0.1, -0.05) is 30.3 Å². The minimum Gasteiger partial charge on any atom is -0.493 e. The maximum Gasteiger partial charge on any atom is 0.223 e. The lowest BCUT2D eigenvalue weighted by Gasteiger charge is -2.14. The third-order valence-electron chi connectivity index (χ3n) is 3.36. The van der Waals surface area contributed by atoms with Gasteiger partial charge in [0.25, 0.3) is 0 Å². The van der Waals surface area contributed by atoms with Crippen LogP contribution in [0.1, 0.15) is 11.1 Å². The molecular formula is C16H18BrN5O2. The standard InChI is InChI=1S/C16H18BrN5O2/c1-23-14-8-12(9-18-16-19-21-22-20-16)7-13(17)15(14)24-10-11-5-3-2-4-6-11/h2-8,21-22H,9-10H2,1H3,(H2,18,19,20). The van der Waals surface area contributed by atoms with E-state index in [0.717, 1.165) is 15.6 Å². The Morgan fingerprint density at radius 3 is 2.50 bits per heavy atom. The molecule has 0 spiro atoms. The Bertz CT molecular complexity index is 716. The predicted octanol–water partition coefficient (Wildman–Crippen LogP) is 2.01. The van der Waals surface area contributed by atoms with E-state index in [1.165, 1.54) is 0 Å². The summed E-state index contributed by atoms with van der Waals surface area (Å²) >= 11 is 3.56. The van der Waals surface area contributed by atoms with Crippen molar-refractivity contribution in [2.24, 2.45) is 4.99 Å². The molecule has 2 aromatic carbocycles. The molecule has 0 saturated carbocycles. The Hall–Kier alpha value is -2.29. The van der Waals surface area contributed by atoms with Crippen molar-refractivity contribution in [2.45, 2.75) is 13.2 Å². The second-order valence-corrected chi connectivity index (χ2v) is 5.90. The molecule has 1 saturated heterocycles. The first-order chi connectivity index (χ1) is 11.8. The van der Waals surface area contributed by atoms with Gasteiger partial charge in [0.1, 0.15) is 6.61 Å². The van der Waals surface area contributed by atoms with Gasteiger partial charge in [-0.05, 0) is 39.2 Å². The maximum absolute atomic E-state index is 5.93. The topological polar surface area (TPSA) is 78.9 Å². The van der Waals surface area contributed by atoms with Gasteiger partial charge in [-0.25, -0.2) is 4.99 Å². The molecule has 24 heavy (non-hydrogen) atoms. The molecule has 126 valence electrons. The first-order valence-electron chi connectivity index (χ1n) is 7.36. The van der Waals surface area contributed by atoms with Gasteiger partial charge in [0.15, 0.2) is 11.5 Å². The van der Waals surface area contributed by atoms with Crippen molar-refractivity contribution in [3.05, 3.63) is 58.1 Å². The molecule has 0 unspecified atom stereocenters. The smallest absolute Gasteiger partial charge is 0.223 e. The Kier molecular flexibility index (Phi) is 5.52. The molecular weight excluding hydrogens is 374 g/mol. The number of benzene rings is 2. The molecule has 0 amide bonds. The lowest BCUT2D eigenvalue weighted by molar-refractivity contribution is 0.282. The van der Waals surface area contributed by atoms with Gasteiger partial charge < -0.3 is 9.47 Å². The lowest BCUT2D eigenvalue weighted by Crippen LogP contribution is -2.33. The number of rotatable bonds is 6. The molecule has 1 aliphatic heterocycles. The van der Waals surface area contributed by atoms with E-state index in [0.29, 0.717) is 30.6 Å². The van der Waals surface area contributed by atoms with Gasteiger partial charge in [0.05, 0.1) is 18.1 Å². The van der Waals surface area contributed by atoms with Crippen LogP contribution >= 0.6 is 15.9 Å². The maximum atomic E-state index is 5.93. The van der Waals surface area contributed by atoms with Crippen molar-refractivity contribution >= 4 is 21.9 Å². The van der Waals surface area contributed by atoms with E-state index in [4.69, 9.17) is 9.47 Å². The number of hydrazine groups is 3. The average Bonchev–Trinajstić information content (AvgIpc) is 3.13. The number of nitrogens with zero attached hydrogens (tertiary/aromatic N) is 1. The predicted molar refractivity (Wildman–Crippen MR) is 95.1 cm³/mol. The zero-order valence-corrected chi connectivity index (χ0v) is 14.7. The van der Waals surface area contributed by atoms with Crippen molar-refractivity contribution in [1.29, 1.82) is 0 Å². The molecule has 3 rings (SSSR count). The van der Waals surface area contributed by atoms with Crippen LogP contribution in [0.3, 0.4) is 0 Å². The summed E-state index contributed by atoms with van der Waals surface area (Å²) in [6, 6.07) is 13.9. The minimum atomic E-state index is 0.475. The number of hydrogen-bond donors (Lipinski definition) is 4. The van der Waals surface area contributed by atoms with Gasteiger partial charge in [-0.2, -0.15) is 11.1 Å². The molecule has 0 aromatic heterocycles. The molecule has 0 aliphatic carbocycles. The first kappa shape index (κ1) is 16.6. The zero-order chi connectivity index (χ0) is 16.8. The molecule has 0 atom stereocenters. The van der Waals surface area contributed by atoms with Crippen molar-refractivity contribution in [2.75, 3.05) is 7.11 Å². The first-order valence-corrected chi connectivity index (χ1v) is 8.15. The SMILES string of the molecule is COc1cc(CN=C2NNNN2)cc(Br)c1OCc1ccccc1. The van der Waals surface area contributed by atoms with Crippen LogP contribution in [0.25, 0.3) is 0 Å². The van der Waals surface area contributed by atoms with Crippen LogP contribution in [0.4, 0.5) is 0 Å².